The monoisotopic (exact) mass is 204 g/mol. The van der Waals surface area contributed by atoms with E-state index in [-0.39, 0.29) is 5.97 Å². The summed E-state index contributed by atoms with van der Waals surface area (Å²) in [6, 6.07) is 5.02. The first-order chi connectivity index (χ1) is 7.19. The fraction of sp³-hybridized carbons (Fsp3) is 0.364. The Labute approximate surface area is 90.8 Å². The first-order valence-electron chi connectivity index (χ1n) is 4.73. The van der Waals surface area contributed by atoms with Crippen LogP contribution in [-0.4, -0.2) is 27.5 Å². The number of hydrogen-bond donors (Lipinski definition) is 0. The zero-order valence-corrected chi connectivity index (χ0v) is 8.95. The van der Waals surface area contributed by atoms with Gasteiger partial charge >= 0.3 is 5.97 Å². The van der Waals surface area contributed by atoms with Crippen LogP contribution in [0.5, 0.6) is 0 Å². The van der Waals surface area contributed by atoms with Crippen LogP contribution in [-0.2, 0) is 16.1 Å². The van der Waals surface area contributed by atoms with Gasteiger partial charge in [0.15, 0.2) is 0 Å². The van der Waals surface area contributed by atoms with E-state index >= 15 is 0 Å². The third-order valence-electron chi connectivity index (χ3n) is 1.95. The van der Waals surface area contributed by atoms with Gasteiger partial charge in [0.2, 0.25) is 0 Å². The van der Waals surface area contributed by atoms with E-state index < -0.39 is 0 Å². The van der Waals surface area contributed by atoms with Gasteiger partial charge in [-0.2, -0.15) is 0 Å². The second-order valence-corrected chi connectivity index (χ2v) is 3.07. The lowest BCUT2D eigenvalue weighted by atomic mass is 9.89. The second kappa shape index (κ2) is 5.56. The summed E-state index contributed by atoms with van der Waals surface area (Å²) in [5.41, 5.74) is 1.91. The smallest absolute Gasteiger partial charge is 0.338 e. The quantitative estimate of drug-likeness (QED) is 0.537. The first kappa shape index (κ1) is 11.8. The zero-order valence-electron chi connectivity index (χ0n) is 8.95. The molecule has 15 heavy (non-hydrogen) atoms. The minimum atomic E-state index is -0.338. The molecule has 0 aliphatic rings. The number of rotatable bonds is 4. The fourth-order valence-corrected chi connectivity index (χ4v) is 1.23. The Morgan fingerprint density at radius 3 is 2.80 bits per heavy atom. The molecule has 0 saturated heterocycles. The molecule has 1 aromatic carbocycles. The summed E-state index contributed by atoms with van der Waals surface area (Å²) >= 11 is 0. The molecular formula is C11H13BO3. The Balaban J connectivity index is 2.91. The van der Waals surface area contributed by atoms with Gasteiger partial charge in [-0.15, -0.1) is 0 Å². The molecule has 1 rings (SSSR count). The van der Waals surface area contributed by atoms with Crippen molar-refractivity contribution in [3.8, 4) is 0 Å². The van der Waals surface area contributed by atoms with Crippen molar-refractivity contribution in [2.45, 2.75) is 13.5 Å². The Morgan fingerprint density at radius 1 is 1.47 bits per heavy atom. The molecule has 0 atom stereocenters. The number of ether oxygens (including phenoxy) is 2. The molecule has 0 unspecified atom stereocenters. The lowest BCUT2D eigenvalue weighted by molar-refractivity contribution is 0.0526. The third kappa shape index (κ3) is 3.10. The second-order valence-electron chi connectivity index (χ2n) is 3.07. The highest BCUT2D eigenvalue weighted by Crippen LogP contribution is 2.05. The molecule has 0 aliphatic carbocycles. The minimum Gasteiger partial charge on any atom is -0.462 e. The van der Waals surface area contributed by atoms with Crippen molar-refractivity contribution < 1.29 is 14.3 Å². The lowest BCUT2D eigenvalue weighted by Crippen LogP contribution is -2.14. The van der Waals surface area contributed by atoms with E-state index in [1.165, 1.54) is 0 Å². The van der Waals surface area contributed by atoms with Crippen LogP contribution in [0.25, 0.3) is 0 Å². The van der Waals surface area contributed by atoms with Crippen LogP contribution in [0.4, 0.5) is 0 Å². The van der Waals surface area contributed by atoms with Gasteiger partial charge in [-0.05, 0) is 24.6 Å². The molecule has 0 heterocycles. The molecule has 0 bridgehead atoms. The van der Waals surface area contributed by atoms with E-state index in [0.717, 1.165) is 5.56 Å². The van der Waals surface area contributed by atoms with Gasteiger partial charge in [-0.3, -0.25) is 0 Å². The van der Waals surface area contributed by atoms with Gasteiger partial charge in [0.05, 0.1) is 18.8 Å². The topological polar surface area (TPSA) is 35.5 Å². The van der Waals surface area contributed by atoms with Crippen LogP contribution in [0, 0.1) is 0 Å². The summed E-state index contributed by atoms with van der Waals surface area (Å²) in [7, 11) is 7.30. The fourth-order valence-electron chi connectivity index (χ4n) is 1.23. The summed E-state index contributed by atoms with van der Waals surface area (Å²) in [5.74, 6) is -0.338. The summed E-state index contributed by atoms with van der Waals surface area (Å²) in [4.78, 5) is 11.4. The van der Waals surface area contributed by atoms with Crippen LogP contribution in [0.2, 0.25) is 0 Å². The molecule has 4 heteroatoms. The van der Waals surface area contributed by atoms with Gasteiger partial charge < -0.3 is 9.47 Å². The maximum atomic E-state index is 11.4. The molecule has 0 fully saturated rings. The van der Waals surface area contributed by atoms with Gasteiger partial charge in [-0.25, -0.2) is 4.79 Å². The summed E-state index contributed by atoms with van der Waals surface area (Å²) in [6.07, 6.45) is 0. The summed E-state index contributed by atoms with van der Waals surface area (Å²) < 4.78 is 9.85. The molecule has 0 N–H and O–H groups in total. The number of benzene rings is 1. The van der Waals surface area contributed by atoms with Crippen LogP contribution < -0.4 is 5.46 Å². The summed E-state index contributed by atoms with van der Waals surface area (Å²) in [5, 5.41) is 0. The van der Waals surface area contributed by atoms with Crippen molar-refractivity contribution in [3.63, 3.8) is 0 Å². The van der Waals surface area contributed by atoms with Crippen molar-refractivity contribution in [1.29, 1.82) is 0 Å². The van der Waals surface area contributed by atoms with Gasteiger partial charge in [0.25, 0.3) is 0 Å². The van der Waals surface area contributed by atoms with Crippen molar-refractivity contribution in [2.24, 2.45) is 0 Å². The molecule has 0 saturated carbocycles. The van der Waals surface area contributed by atoms with E-state index in [1.807, 2.05) is 0 Å². The molecular weight excluding hydrogens is 191 g/mol. The van der Waals surface area contributed by atoms with Crippen LogP contribution >= 0.6 is 0 Å². The molecule has 0 aliphatic heterocycles. The van der Waals surface area contributed by atoms with Crippen molar-refractivity contribution in [3.05, 3.63) is 29.3 Å². The molecule has 1 aromatic rings. The first-order valence-corrected chi connectivity index (χ1v) is 4.73. The highest BCUT2D eigenvalue weighted by atomic mass is 16.5. The number of carbonyl (C=O) groups is 1. The SMILES string of the molecule is [B]c1ccc(C(=O)OCC)cc1COC. The molecule has 0 amide bonds. The average Bonchev–Trinajstić information content (AvgIpc) is 2.22. The highest BCUT2D eigenvalue weighted by Gasteiger charge is 2.08. The molecule has 2 radical (unpaired) electrons. The van der Waals surface area contributed by atoms with E-state index in [1.54, 1.807) is 32.2 Å². The number of carbonyl (C=O) groups excluding carboxylic acids is 1. The number of hydrogen-bond acceptors (Lipinski definition) is 3. The van der Waals surface area contributed by atoms with Crippen LogP contribution in [0.3, 0.4) is 0 Å². The van der Waals surface area contributed by atoms with E-state index in [0.29, 0.717) is 24.2 Å². The average molecular weight is 204 g/mol. The van der Waals surface area contributed by atoms with Gasteiger partial charge in [0, 0.05) is 7.11 Å². The number of esters is 1. The van der Waals surface area contributed by atoms with E-state index in [4.69, 9.17) is 17.3 Å². The van der Waals surface area contributed by atoms with Crippen molar-refractivity contribution in [2.75, 3.05) is 13.7 Å². The maximum absolute atomic E-state index is 11.4. The van der Waals surface area contributed by atoms with Gasteiger partial charge in [0.1, 0.15) is 7.85 Å². The molecule has 3 nitrogen and oxygen atoms in total. The lowest BCUT2D eigenvalue weighted by Gasteiger charge is -2.07. The Hall–Kier alpha value is -1.29. The number of methoxy groups -OCH3 is 1. The Bertz CT molecular complexity index is 350. The van der Waals surface area contributed by atoms with E-state index in [2.05, 4.69) is 0 Å². The molecule has 0 spiro atoms. The van der Waals surface area contributed by atoms with E-state index in [9.17, 15) is 4.79 Å². The Morgan fingerprint density at radius 2 is 2.20 bits per heavy atom. The largest absolute Gasteiger partial charge is 0.462 e. The predicted octanol–water partition coefficient (Wildman–Crippen LogP) is 0.803. The van der Waals surface area contributed by atoms with Gasteiger partial charge in [-0.1, -0.05) is 11.5 Å². The van der Waals surface area contributed by atoms with Crippen molar-refractivity contribution in [1.82, 2.24) is 0 Å². The molecule has 0 aromatic heterocycles. The third-order valence-corrected chi connectivity index (χ3v) is 1.95. The molecule has 78 valence electrons. The van der Waals surface area contributed by atoms with Crippen molar-refractivity contribution >= 4 is 19.3 Å². The summed E-state index contributed by atoms with van der Waals surface area (Å²) in [6.45, 7) is 2.52. The van der Waals surface area contributed by atoms with Crippen LogP contribution in [0.15, 0.2) is 18.2 Å². The minimum absolute atomic E-state index is 0.338. The van der Waals surface area contributed by atoms with Crippen LogP contribution in [0.1, 0.15) is 22.8 Å². The predicted molar refractivity (Wildman–Crippen MR) is 58.5 cm³/mol. The Kier molecular flexibility index (Phi) is 4.37. The highest BCUT2D eigenvalue weighted by molar-refractivity contribution is 6.33. The zero-order chi connectivity index (χ0) is 11.3. The normalized spacial score (nSPS) is 10.0. The standard InChI is InChI=1S/C11H13BO3/c1-3-15-11(13)8-4-5-10(12)9(6-8)7-14-2/h4-6H,3,7H2,1-2H3. The maximum Gasteiger partial charge on any atom is 0.338 e.